The van der Waals surface area contributed by atoms with E-state index in [0.717, 1.165) is 0 Å². The van der Waals surface area contributed by atoms with Crippen LogP contribution in [0.4, 0.5) is 13.2 Å². The number of nitrogens with two attached hydrogens (primary N) is 1. The average molecular weight is 239 g/mol. The number of halogens is 3. The Balaban J connectivity index is 3.06. The van der Waals surface area contributed by atoms with Crippen molar-refractivity contribution in [2.45, 2.75) is 19.3 Å². The van der Waals surface area contributed by atoms with E-state index in [1.807, 2.05) is 0 Å². The lowest BCUT2D eigenvalue weighted by atomic mass is 10.3. The van der Waals surface area contributed by atoms with Crippen LogP contribution in [0, 0.1) is 0 Å². The molecule has 0 spiro atoms. The van der Waals surface area contributed by atoms with Crippen LogP contribution in [0.1, 0.15) is 15.6 Å². The van der Waals surface area contributed by atoms with Gasteiger partial charge in [0.15, 0.2) is 0 Å². The third kappa shape index (κ3) is 3.15. The summed E-state index contributed by atoms with van der Waals surface area (Å²) in [4.78, 5) is 4.87. The lowest BCUT2D eigenvalue weighted by molar-refractivity contribution is -0.135. The summed E-state index contributed by atoms with van der Waals surface area (Å²) in [5.74, 6) is 0. The van der Waals surface area contributed by atoms with E-state index < -0.39 is 11.1 Å². The Bertz CT molecular complexity index is 332. The van der Waals surface area contributed by atoms with Crippen molar-refractivity contribution < 1.29 is 13.2 Å². The summed E-state index contributed by atoms with van der Waals surface area (Å²) >= 11 is 0.621. The minimum absolute atomic E-state index is 0.0428. The third-order valence-electron chi connectivity index (χ3n) is 1.64. The first kappa shape index (κ1) is 12.4. The molecule has 0 unspecified atom stereocenters. The predicted molar refractivity (Wildman–Crippen MR) is 52.4 cm³/mol. The van der Waals surface area contributed by atoms with Gasteiger partial charge in [-0.1, -0.05) is 0 Å². The fraction of sp³-hybridized carbons (Fsp3) is 0.625. The van der Waals surface area contributed by atoms with E-state index >= 15 is 0 Å². The number of thiazole rings is 1. The number of hydrogen-bond donors (Lipinski definition) is 1. The van der Waals surface area contributed by atoms with Crippen molar-refractivity contribution in [3.8, 4) is 0 Å². The molecule has 0 fully saturated rings. The lowest BCUT2D eigenvalue weighted by Crippen LogP contribution is -2.15. The van der Waals surface area contributed by atoms with Gasteiger partial charge in [-0.2, -0.15) is 13.2 Å². The van der Waals surface area contributed by atoms with E-state index in [9.17, 15) is 13.2 Å². The van der Waals surface area contributed by atoms with Gasteiger partial charge in [-0.25, -0.2) is 4.98 Å². The molecular formula is C8H12F3N3S. The van der Waals surface area contributed by atoms with Gasteiger partial charge >= 0.3 is 6.18 Å². The van der Waals surface area contributed by atoms with Crippen molar-refractivity contribution in [3.63, 3.8) is 0 Å². The van der Waals surface area contributed by atoms with Gasteiger partial charge in [0.25, 0.3) is 0 Å². The van der Waals surface area contributed by atoms with Crippen LogP contribution in [0.2, 0.25) is 0 Å². The zero-order valence-corrected chi connectivity index (χ0v) is 9.24. The van der Waals surface area contributed by atoms with Crippen LogP contribution in [-0.4, -0.2) is 24.0 Å². The summed E-state index contributed by atoms with van der Waals surface area (Å²) in [7, 11) is 3.39. The molecule has 0 aliphatic carbocycles. The predicted octanol–water partition coefficient (Wildman–Crippen LogP) is 1.68. The molecule has 0 bridgehead atoms. The number of hydrogen-bond acceptors (Lipinski definition) is 4. The summed E-state index contributed by atoms with van der Waals surface area (Å²) in [6.07, 6.45) is -4.34. The summed E-state index contributed by atoms with van der Waals surface area (Å²) in [6.45, 7) is 0.215. The molecular weight excluding hydrogens is 227 g/mol. The fourth-order valence-corrected chi connectivity index (χ4v) is 1.93. The molecule has 0 aliphatic heterocycles. The highest BCUT2D eigenvalue weighted by Crippen LogP contribution is 2.36. The van der Waals surface area contributed by atoms with Crippen molar-refractivity contribution in [3.05, 3.63) is 15.6 Å². The zero-order valence-electron chi connectivity index (χ0n) is 8.43. The van der Waals surface area contributed by atoms with E-state index in [0.29, 0.717) is 16.3 Å². The molecule has 15 heavy (non-hydrogen) atoms. The van der Waals surface area contributed by atoms with Crippen LogP contribution in [-0.2, 0) is 19.3 Å². The van der Waals surface area contributed by atoms with Gasteiger partial charge in [0.2, 0.25) is 0 Å². The maximum Gasteiger partial charge on any atom is 0.427 e. The van der Waals surface area contributed by atoms with Crippen LogP contribution in [0.3, 0.4) is 0 Å². The molecule has 0 amide bonds. The summed E-state index contributed by atoms with van der Waals surface area (Å²) in [5.41, 5.74) is 5.33. The fourth-order valence-electron chi connectivity index (χ4n) is 1.12. The monoisotopic (exact) mass is 239 g/mol. The Kier molecular flexibility index (Phi) is 3.69. The van der Waals surface area contributed by atoms with E-state index in [4.69, 9.17) is 5.73 Å². The van der Waals surface area contributed by atoms with E-state index in [1.54, 1.807) is 19.0 Å². The molecule has 0 aliphatic rings. The highest BCUT2D eigenvalue weighted by atomic mass is 32.1. The third-order valence-corrected chi connectivity index (χ3v) is 2.80. The number of nitrogens with zero attached hydrogens (tertiary/aromatic N) is 2. The van der Waals surface area contributed by atoms with Crippen molar-refractivity contribution in [1.29, 1.82) is 0 Å². The Hall–Kier alpha value is -0.660. The molecule has 1 aromatic heterocycles. The minimum Gasteiger partial charge on any atom is -0.325 e. The van der Waals surface area contributed by atoms with Crippen LogP contribution in [0.15, 0.2) is 0 Å². The van der Waals surface area contributed by atoms with Gasteiger partial charge in [0, 0.05) is 13.1 Å². The Morgan fingerprint density at radius 3 is 2.40 bits per heavy atom. The van der Waals surface area contributed by atoms with Gasteiger partial charge in [0.05, 0.1) is 5.69 Å². The highest BCUT2D eigenvalue weighted by Gasteiger charge is 2.36. The van der Waals surface area contributed by atoms with Crippen molar-refractivity contribution in [2.24, 2.45) is 5.73 Å². The molecule has 0 aromatic carbocycles. The molecule has 7 heteroatoms. The van der Waals surface area contributed by atoms with Gasteiger partial charge in [0.1, 0.15) is 9.88 Å². The number of alkyl halides is 3. The molecule has 0 saturated heterocycles. The smallest absolute Gasteiger partial charge is 0.325 e. The molecule has 2 N–H and O–H groups in total. The quantitative estimate of drug-likeness (QED) is 0.872. The molecule has 1 heterocycles. The SMILES string of the molecule is CN(C)Cc1nc(CN)sc1C(F)(F)F. The standard InChI is InChI=1S/C8H12F3N3S/c1-14(2)4-5-7(8(9,10)11)15-6(3-12)13-5/h3-4,12H2,1-2H3. The first-order valence-electron chi connectivity index (χ1n) is 4.25. The molecule has 1 rings (SSSR count). The Morgan fingerprint density at radius 1 is 1.40 bits per heavy atom. The maximum absolute atomic E-state index is 12.6. The molecule has 1 aromatic rings. The van der Waals surface area contributed by atoms with Crippen molar-refractivity contribution >= 4 is 11.3 Å². The average Bonchev–Trinajstić information content (AvgIpc) is 2.45. The van der Waals surface area contributed by atoms with Crippen molar-refractivity contribution in [2.75, 3.05) is 14.1 Å². The van der Waals surface area contributed by atoms with Crippen LogP contribution < -0.4 is 5.73 Å². The molecule has 0 radical (unpaired) electrons. The molecule has 0 atom stereocenters. The van der Waals surface area contributed by atoms with E-state index in [2.05, 4.69) is 4.98 Å². The minimum atomic E-state index is -4.34. The molecule has 0 saturated carbocycles. The first-order chi connectivity index (χ1) is 6.84. The van der Waals surface area contributed by atoms with Gasteiger partial charge < -0.3 is 10.6 Å². The largest absolute Gasteiger partial charge is 0.427 e. The second-order valence-electron chi connectivity index (χ2n) is 3.32. The first-order valence-corrected chi connectivity index (χ1v) is 5.06. The van der Waals surface area contributed by atoms with Crippen molar-refractivity contribution in [1.82, 2.24) is 9.88 Å². The van der Waals surface area contributed by atoms with Crippen LogP contribution in [0.25, 0.3) is 0 Å². The Morgan fingerprint density at radius 2 is 2.00 bits per heavy atom. The van der Waals surface area contributed by atoms with E-state index in [1.165, 1.54) is 0 Å². The van der Waals surface area contributed by atoms with Crippen LogP contribution in [0.5, 0.6) is 0 Å². The number of aromatic nitrogens is 1. The summed E-state index contributed by atoms with van der Waals surface area (Å²) in [6, 6.07) is 0. The maximum atomic E-state index is 12.6. The van der Waals surface area contributed by atoms with Gasteiger partial charge in [-0.3, -0.25) is 0 Å². The zero-order chi connectivity index (χ0) is 11.6. The topological polar surface area (TPSA) is 42.2 Å². The summed E-state index contributed by atoms with van der Waals surface area (Å²) in [5, 5.41) is 0.319. The Labute approximate surface area is 89.7 Å². The summed E-state index contributed by atoms with van der Waals surface area (Å²) < 4.78 is 37.7. The molecule has 86 valence electrons. The number of rotatable bonds is 3. The second kappa shape index (κ2) is 4.46. The second-order valence-corrected chi connectivity index (χ2v) is 4.41. The lowest BCUT2D eigenvalue weighted by Gasteiger charge is -2.10. The van der Waals surface area contributed by atoms with Gasteiger partial charge in [-0.05, 0) is 14.1 Å². The van der Waals surface area contributed by atoms with Gasteiger partial charge in [-0.15, -0.1) is 11.3 Å². The molecule has 3 nitrogen and oxygen atoms in total. The normalized spacial score (nSPS) is 12.5. The highest BCUT2D eigenvalue weighted by molar-refractivity contribution is 7.11. The van der Waals surface area contributed by atoms with E-state index in [-0.39, 0.29) is 18.8 Å². The van der Waals surface area contributed by atoms with Crippen LogP contribution >= 0.6 is 11.3 Å².